The Balaban J connectivity index is 2.04. The van der Waals surface area contributed by atoms with Gasteiger partial charge in [-0.1, -0.05) is 58.4 Å². The molecule has 96 valence electrons. The summed E-state index contributed by atoms with van der Waals surface area (Å²) >= 11 is 3.48. The summed E-state index contributed by atoms with van der Waals surface area (Å²) < 4.78 is 1.04. The second kappa shape index (κ2) is 4.29. The summed E-state index contributed by atoms with van der Waals surface area (Å²) in [7, 11) is 0. The zero-order valence-electron chi connectivity index (χ0n) is 10.7. The highest BCUT2D eigenvalue weighted by atomic mass is 79.9. The van der Waals surface area contributed by atoms with E-state index in [9.17, 15) is 4.79 Å². The van der Waals surface area contributed by atoms with E-state index in [0.717, 1.165) is 43.9 Å². The van der Waals surface area contributed by atoms with Crippen LogP contribution in [-0.2, 0) is 6.42 Å². The van der Waals surface area contributed by atoms with E-state index in [2.05, 4.69) is 34.1 Å². The lowest BCUT2D eigenvalue weighted by molar-refractivity contribution is 0.103. The predicted octanol–water partition coefficient (Wildman–Crippen LogP) is 4.74. The molecule has 0 saturated carbocycles. The van der Waals surface area contributed by atoms with E-state index in [4.69, 9.17) is 0 Å². The summed E-state index contributed by atoms with van der Waals surface area (Å²) in [5.41, 5.74) is 3.97. The fourth-order valence-corrected chi connectivity index (χ4v) is 3.38. The molecule has 20 heavy (non-hydrogen) atoms. The molecule has 0 amide bonds. The van der Waals surface area contributed by atoms with E-state index in [0.29, 0.717) is 0 Å². The molecule has 0 fully saturated rings. The lowest BCUT2D eigenvalue weighted by Crippen LogP contribution is -2.15. The molecule has 3 aromatic carbocycles. The molecule has 1 nitrogen and oxygen atoms in total. The van der Waals surface area contributed by atoms with Crippen LogP contribution in [0.3, 0.4) is 0 Å². The first-order valence-corrected chi connectivity index (χ1v) is 7.37. The van der Waals surface area contributed by atoms with Crippen molar-refractivity contribution in [2.75, 3.05) is 0 Å². The fourth-order valence-electron chi connectivity index (χ4n) is 3.00. The van der Waals surface area contributed by atoms with Crippen LogP contribution in [0.15, 0.2) is 59.1 Å². The summed E-state index contributed by atoms with van der Waals surface area (Å²) in [4.78, 5) is 12.8. The third-order valence-electron chi connectivity index (χ3n) is 3.94. The largest absolute Gasteiger partial charge is 0.289 e. The maximum atomic E-state index is 12.8. The molecule has 0 heterocycles. The Morgan fingerprint density at radius 1 is 0.900 bits per heavy atom. The molecule has 0 atom stereocenters. The number of fused-ring (bicyclic) bond motifs is 4. The molecule has 0 bridgehead atoms. The Labute approximate surface area is 125 Å². The summed E-state index contributed by atoms with van der Waals surface area (Å²) in [6.45, 7) is 0. The van der Waals surface area contributed by atoms with Crippen LogP contribution in [0.5, 0.6) is 0 Å². The standard InChI is InChI=1S/C18H11BrO/c19-14-7-8-15-12(10-14)5-6-13-9-11-3-1-2-4-16(11)18(20)17(13)15/h1-8,10H,9H2. The molecule has 0 spiro atoms. The van der Waals surface area contributed by atoms with E-state index < -0.39 is 0 Å². The highest BCUT2D eigenvalue weighted by Gasteiger charge is 2.24. The van der Waals surface area contributed by atoms with Crippen molar-refractivity contribution in [2.45, 2.75) is 6.42 Å². The van der Waals surface area contributed by atoms with Crippen molar-refractivity contribution in [3.8, 4) is 0 Å². The highest BCUT2D eigenvalue weighted by molar-refractivity contribution is 9.10. The van der Waals surface area contributed by atoms with Gasteiger partial charge in [-0.25, -0.2) is 0 Å². The van der Waals surface area contributed by atoms with E-state index in [1.807, 2.05) is 36.4 Å². The lowest BCUT2D eigenvalue weighted by Gasteiger charge is -2.20. The lowest BCUT2D eigenvalue weighted by atomic mass is 9.82. The monoisotopic (exact) mass is 322 g/mol. The Morgan fingerprint density at radius 3 is 2.65 bits per heavy atom. The quantitative estimate of drug-likeness (QED) is 0.457. The third-order valence-corrected chi connectivity index (χ3v) is 4.43. The van der Waals surface area contributed by atoms with Gasteiger partial charge in [-0.3, -0.25) is 4.79 Å². The summed E-state index contributed by atoms with van der Waals surface area (Å²) in [5, 5.41) is 2.15. The molecule has 1 aliphatic carbocycles. The second-order valence-electron chi connectivity index (χ2n) is 5.13. The molecule has 1 aliphatic rings. The van der Waals surface area contributed by atoms with Gasteiger partial charge in [0.1, 0.15) is 0 Å². The number of carbonyl (C=O) groups excluding carboxylic acids is 1. The van der Waals surface area contributed by atoms with Crippen LogP contribution in [0, 0.1) is 0 Å². The van der Waals surface area contributed by atoms with Crippen molar-refractivity contribution in [1.82, 2.24) is 0 Å². The maximum absolute atomic E-state index is 12.8. The smallest absolute Gasteiger partial charge is 0.194 e. The van der Waals surface area contributed by atoms with Crippen LogP contribution >= 0.6 is 15.9 Å². The third kappa shape index (κ3) is 1.65. The summed E-state index contributed by atoms with van der Waals surface area (Å²) in [6.07, 6.45) is 0.837. The fraction of sp³-hybridized carbons (Fsp3) is 0.0556. The molecule has 0 aromatic heterocycles. The van der Waals surface area contributed by atoms with Gasteiger partial charge in [0.2, 0.25) is 0 Å². The highest BCUT2D eigenvalue weighted by Crippen LogP contribution is 2.33. The molecular weight excluding hydrogens is 312 g/mol. The van der Waals surface area contributed by atoms with Crippen molar-refractivity contribution in [2.24, 2.45) is 0 Å². The van der Waals surface area contributed by atoms with Gasteiger partial charge in [0.05, 0.1) is 0 Å². The number of hydrogen-bond donors (Lipinski definition) is 0. The molecule has 0 N–H and O–H groups in total. The summed E-state index contributed by atoms with van der Waals surface area (Å²) in [5.74, 6) is 0.148. The van der Waals surface area contributed by atoms with E-state index >= 15 is 0 Å². The van der Waals surface area contributed by atoms with Gasteiger partial charge in [0.15, 0.2) is 5.78 Å². The van der Waals surface area contributed by atoms with Crippen molar-refractivity contribution < 1.29 is 4.79 Å². The van der Waals surface area contributed by atoms with Crippen LogP contribution in [0.25, 0.3) is 10.8 Å². The minimum Gasteiger partial charge on any atom is -0.289 e. The minimum absolute atomic E-state index is 0.148. The minimum atomic E-state index is 0.148. The van der Waals surface area contributed by atoms with Gasteiger partial charge < -0.3 is 0 Å². The van der Waals surface area contributed by atoms with Crippen LogP contribution in [-0.4, -0.2) is 5.78 Å². The first kappa shape index (κ1) is 11.9. The van der Waals surface area contributed by atoms with Crippen LogP contribution in [0.1, 0.15) is 27.0 Å². The Hall–Kier alpha value is -1.93. The topological polar surface area (TPSA) is 17.1 Å². The molecule has 0 aliphatic heterocycles. The van der Waals surface area contributed by atoms with E-state index in [1.54, 1.807) is 0 Å². The molecule has 2 heteroatoms. The molecular formula is C18H11BrO. The Bertz CT molecular complexity index is 864. The number of carbonyl (C=O) groups is 1. The first-order valence-electron chi connectivity index (χ1n) is 6.58. The number of hydrogen-bond acceptors (Lipinski definition) is 1. The van der Waals surface area contributed by atoms with Gasteiger partial charge in [-0.05, 0) is 40.5 Å². The molecule has 0 saturated heterocycles. The Morgan fingerprint density at radius 2 is 1.75 bits per heavy atom. The zero-order valence-corrected chi connectivity index (χ0v) is 12.3. The average Bonchev–Trinajstić information content (AvgIpc) is 2.47. The van der Waals surface area contributed by atoms with E-state index in [1.165, 1.54) is 0 Å². The van der Waals surface area contributed by atoms with Crippen molar-refractivity contribution in [1.29, 1.82) is 0 Å². The van der Waals surface area contributed by atoms with Crippen molar-refractivity contribution in [3.63, 3.8) is 0 Å². The zero-order chi connectivity index (χ0) is 13.7. The van der Waals surface area contributed by atoms with Gasteiger partial charge in [-0.2, -0.15) is 0 Å². The SMILES string of the molecule is O=C1c2ccccc2Cc2ccc3cc(Br)ccc3c21. The van der Waals surface area contributed by atoms with Gasteiger partial charge in [0.25, 0.3) is 0 Å². The van der Waals surface area contributed by atoms with Crippen LogP contribution in [0.4, 0.5) is 0 Å². The normalized spacial score (nSPS) is 13.2. The first-order chi connectivity index (χ1) is 9.74. The van der Waals surface area contributed by atoms with Crippen LogP contribution < -0.4 is 0 Å². The number of halogens is 1. The van der Waals surface area contributed by atoms with Crippen LogP contribution in [0.2, 0.25) is 0 Å². The van der Waals surface area contributed by atoms with Crippen molar-refractivity contribution in [3.05, 3.63) is 81.3 Å². The number of ketones is 1. The number of benzene rings is 3. The molecule has 0 radical (unpaired) electrons. The Kier molecular flexibility index (Phi) is 2.54. The number of rotatable bonds is 0. The van der Waals surface area contributed by atoms with Gasteiger partial charge in [0, 0.05) is 15.6 Å². The van der Waals surface area contributed by atoms with Crippen molar-refractivity contribution >= 4 is 32.5 Å². The van der Waals surface area contributed by atoms with Gasteiger partial charge in [-0.15, -0.1) is 0 Å². The maximum Gasteiger partial charge on any atom is 0.194 e. The average molecular weight is 323 g/mol. The molecule has 3 aromatic rings. The predicted molar refractivity (Wildman–Crippen MR) is 84.3 cm³/mol. The second-order valence-corrected chi connectivity index (χ2v) is 6.04. The van der Waals surface area contributed by atoms with Gasteiger partial charge >= 0.3 is 0 Å². The summed E-state index contributed by atoms with van der Waals surface area (Å²) in [6, 6.07) is 18.2. The van der Waals surface area contributed by atoms with E-state index in [-0.39, 0.29) is 5.78 Å². The molecule has 4 rings (SSSR count). The molecule has 0 unspecified atom stereocenters.